The number of carbonyl (C=O) groups is 1. The Hall–Kier alpha value is -4.19. The van der Waals surface area contributed by atoms with Crippen molar-refractivity contribution < 1.29 is 4.79 Å². The summed E-state index contributed by atoms with van der Waals surface area (Å²) in [5, 5.41) is 0.917. The van der Waals surface area contributed by atoms with E-state index in [-0.39, 0.29) is 0 Å². The van der Waals surface area contributed by atoms with E-state index in [1.54, 1.807) is 30.7 Å². The number of aldehydes is 1. The zero-order valence-corrected chi connectivity index (χ0v) is 15.3. The highest BCUT2D eigenvalue weighted by Crippen LogP contribution is 2.30. The monoisotopic (exact) mass is 377 g/mol. The molecule has 6 nitrogen and oxygen atoms in total. The molecular weight excluding hydrogens is 362 g/mol. The molecule has 0 aliphatic rings. The van der Waals surface area contributed by atoms with Gasteiger partial charge in [-0.2, -0.15) is 0 Å². The lowest BCUT2D eigenvalue weighted by atomic mass is 10.0. The molecule has 0 spiro atoms. The summed E-state index contributed by atoms with van der Waals surface area (Å²) in [4.78, 5) is 32.3. The third kappa shape index (κ3) is 3.17. The number of aromatic nitrogens is 5. The van der Waals surface area contributed by atoms with Crippen LogP contribution in [0.5, 0.6) is 0 Å². The van der Waals surface area contributed by atoms with Gasteiger partial charge in [-0.3, -0.25) is 14.8 Å². The molecule has 0 bridgehead atoms. The van der Waals surface area contributed by atoms with Crippen molar-refractivity contribution in [2.45, 2.75) is 0 Å². The van der Waals surface area contributed by atoms with Crippen LogP contribution in [0.15, 0.2) is 79.4 Å². The summed E-state index contributed by atoms with van der Waals surface area (Å²) in [6.07, 6.45) is 8.00. The molecule has 0 radical (unpaired) electrons. The number of nitrogens with one attached hydrogen (secondary N) is 1. The van der Waals surface area contributed by atoms with E-state index in [0.717, 1.165) is 39.7 Å². The number of rotatable bonds is 4. The Morgan fingerprint density at radius 2 is 1.72 bits per heavy atom. The molecule has 5 aromatic rings. The number of pyridine rings is 2. The van der Waals surface area contributed by atoms with E-state index in [4.69, 9.17) is 4.98 Å². The molecule has 4 aromatic heterocycles. The fraction of sp³-hybridized carbons (Fsp3) is 0. The Balaban J connectivity index is 1.65. The van der Waals surface area contributed by atoms with Gasteiger partial charge in [0.25, 0.3) is 0 Å². The first kappa shape index (κ1) is 16.9. The van der Waals surface area contributed by atoms with Gasteiger partial charge in [-0.05, 0) is 29.8 Å². The van der Waals surface area contributed by atoms with Gasteiger partial charge in [0.15, 0.2) is 5.82 Å². The molecule has 0 saturated carbocycles. The zero-order valence-electron chi connectivity index (χ0n) is 15.3. The number of nitrogens with zero attached hydrogens (tertiary/aromatic N) is 4. The van der Waals surface area contributed by atoms with Gasteiger partial charge in [0, 0.05) is 46.9 Å². The summed E-state index contributed by atoms with van der Waals surface area (Å²) in [6.45, 7) is 0. The van der Waals surface area contributed by atoms with Crippen LogP contribution in [0, 0.1) is 0 Å². The normalized spacial score (nSPS) is 10.9. The first-order chi connectivity index (χ1) is 14.3. The summed E-state index contributed by atoms with van der Waals surface area (Å²) in [5.74, 6) is 0.552. The van der Waals surface area contributed by atoms with Crippen LogP contribution in [0.1, 0.15) is 10.4 Å². The smallest absolute Gasteiger partial charge is 0.180 e. The number of aromatic amines is 1. The number of hydrogen-bond donors (Lipinski definition) is 1. The summed E-state index contributed by atoms with van der Waals surface area (Å²) >= 11 is 0. The topological polar surface area (TPSA) is 84.4 Å². The van der Waals surface area contributed by atoms with Gasteiger partial charge >= 0.3 is 0 Å². The van der Waals surface area contributed by atoms with Crippen molar-refractivity contribution in [3.63, 3.8) is 0 Å². The Kier molecular flexibility index (Phi) is 4.14. The van der Waals surface area contributed by atoms with Gasteiger partial charge < -0.3 is 4.98 Å². The van der Waals surface area contributed by atoms with Gasteiger partial charge in [0.2, 0.25) is 0 Å². The molecule has 5 rings (SSSR count). The third-order valence-corrected chi connectivity index (χ3v) is 4.70. The molecule has 1 aromatic carbocycles. The summed E-state index contributed by atoms with van der Waals surface area (Å²) in [7, 11) is 0. The molecule has 1 N–H and O–H groups in total. The van der Waals surface area contributed by atoms with E-state index in [0.29, 0.717) is 17.1 Å². The van der Waals surface area contributed by atoms with Crippen LogP contribution in [0.4, 0.5) is 0 Å². The molecule has 4 heterocycles. The van der Waals surface area contributed by atoms with Gasteiger partial charge in [-0.15, -0.1) is 0 Å². The van der Waals surface area contributed by atoms with Crippen LogP contribution >= 0.6 is 0 Å². The van der Waals surface area contributed by atoms with E-state index in [1.165, 1.54) is 0 Å². The Morgan fingerprint density at radius 1 is 0.862 bits per heavy atom. The minimum Gasteiger partial charge on any atom is -0.346 e. The lowest BCUT2D eigenvalue weighted by Crippen LogP contribution is -1.96. The van der Waals surface area contributed by atoms with Crippen molar-refractivity contribution in [3.05, 3.63) is 84.9 Å². The number of fused-ring (bicyclic) bond motifs is 1. The van der Waals surface area contributed by atoms with Crippen LogP contribution in [0.25, 0.3) is 44.9 Å². The maximum Gasteiger partial charge on any atom is 0.180 e. The predicted molar refractivity (Wildman–Crippen MR) is 111 cm³/mol. The molecule has 0 fully saturated rings. The number of hydrogen-bond acceptors (Lipinski definition) is 5. The molecule has 0 saturated heterocycles. The second kappa shape index (κ2) is 7.09. The Labute approximate surface area is 166 Å². The minimum atomic E-state index is 0.552. The molecule has 6 heteroatoms. The first-order valence-corrected chi connectivity index (χ1v) is 9.09. The van der Waals surface area contributed by atoms with Gasteiger partial charge in [0.05, 0.1) is 5.69 Å². The van der Waals surface area contributed by atoms with Gasteiger partial charge in [-0.25, -0.2) is 9.97 Å². The molecule has 29 heavy (non-hydrogen) atoms. The number of benzene rings is 1. The van der Waals surface area contributed by atoms with Crippen LogP contribution < -0.4 is 0 Å². The SMILES string of the molecule is O=Cc1ccc(-c2cncc(-c3nc(-c4ccccn4)nc4[nH]ccc34)c2)cc1. The maximum atomic E-state index is 10.9. The van der Waals surface area contributed by atoms with E-state index in [1.807, 2.05) is 48.7 Å². The van der Waals surface area contributed by atoms with Crippen molar-refractivity contribution in [1.82, 2.24) is 24.9 Å². The molecule has 0 aliphatic heterocycles. The number of H-pyrrole nitrogens is 1. The molecule has 0 unspecified atom stereocenters. The molecule has 0 atom stereocenters. The molecule has 138 valence electrons. The first-order valence-electron chi connectivity index (χ1n) is 9.09. The maximum absolute atomic E-state index is 10.9. The second-order valence-corrected chi connectivity index (χ2v) is 6.55. The fourth-order valence-electron chi connectivity index (χ4n) is 3.25. The van der Waals surface area contributed by atoms with Crippen molar-refractivity contribution in [2.75, 3.05) is 0 Å². The lowest BCUT2D eigenvalue weighted by molar-refractivity contribution is 0.112. The molecule has 0 aliphatic carbocycles. The average Bonchev–Trinajstić information content (AvgIpc) is 3.28. The van der Waals surface area contributed by atoms with Crippen molar-refractivity contribution in [3.8, 4) is 33.9 Å². The van der Waals surface area contributed by atoms with Crippen LogP contribution in [-0.2, 0) is 0 Å². The predicted octanol–water partition coefficient (Wildman–Crippen LogP) is 4.56. The highest BCUT2D eigenvalue weighted by Gasteiger charge is 2.14. The highest BCUT2D eigenvalue weighted by atomic mass is 16.1. The summed E-state index contributed by atoms with van der Waals surface area (Å²) in [6, 6.07) is 17.1. The van der Waals surface area contributed by atoms with Crippen molar-refractivity contribution >= 4 is 17.3 Å². The molecule has 0 amide bonds. The van der Waals surface area contributed by atoms with Gasteiger partial charge in [0.1, 0.15) is 17.6 Å². The van der Waals surface area contributed by atoms with E-state index in [2.05, 4.69) is 19.9 Å². The van der Waals surface area contributed by atoms with Crippen LogP contribution in [-0.4, -0.2) is 31.2 Å². The Bertz CT molecular complexity index is 1310. The van der Waals surface area contributed by atoms with Crippen LogP contribution in [0.3, 0.4) is 0 Å². The second-order valence-electron chi connectivity index (χ2n) is 6.55. The fourth-order valence-corrected chi connectivity index (χ4v) is 3.25. The largest absolute Gasteiger partial charge is 0.346 e. The third-order valence-electron chi connectivity index (χ3n) is 4.70. The number of carbonyl (C=O) groups excluding carboxylic acids is 1. The standard InChI is InChI=1S/C23H15N5O/c29-14-15-4-6-16(7-5-15)17-11-18(13-24-12-17)21-19-8-10-26-22(19)28-23(27-21)20-3-1-2-9-25-20/h1-14H,(H,26,27,28). The van der Waals surface area contributed by atoms with E-state index < -0.39 is 0 Å². The van der Waals surface area contributed by atoms with Gasteiger partial charge in [-0.1, -0.05) is 30.3 Å². The average molecular weight is 377 g/mol. The quantitative estimate of drug-likeness (QED) is 0.464. The summed E-state index contributed by atoms with van der Waals surface area (Å²) < 4.78 is 0. The Morgan fingerprint density at radius 3 is 2.52 bits per heavy atom. The molecular formula is C23H15N5O. The van der Waals surface area contributed by atoms with E-state index in [9.17, 15) is 4.79 Å². The van der Waals surface area contributed by atoms with Crippen LogP contribution in [0.2, 0.25) is 0 Å². The van der Waals surface area contributed by atoms with Crippen molar-refractivity contribution in [2.24, 2.45) is 0 Å². The lowest BCUT2D eigenvalue weighted by Gasteiger charge is -2.08. The van der Waals surface area contributed by atoms with Crippen molar-refractivity contribution in [1.29, 1.82) is 0 Å². The zero-order chi connectivity index (χ0) is 19.6. The highest BCUT2D eigenvalue weighted by molar-refractivity contribution is 5.92. The minimum absolute atomic E-state index is 0.552. The van der Waals surface area contributed by atoms with E-state index >= 15 is 0 Å². The summed E-state index contributed by atoms with van der Waals surface area (Å²) in [5.41, 5.74) is 5.69.